The second-order valence-corrected chi connectivity index (χ2v) is 5.76. The van der Waals surface area contributed by atoms with E-state index in [2.05, 4.69) is 82.9 Å². The van der Waals surface area contributed by atoms with Crippen molar-refractivity contribution in [1.82, 2.24) is 4.57 Å². The minimum atomic E-state index is 0.904. The molecule has 0 aliphatic heterocycles. The van der Waals surface area contributed by atoms with Gasteiger partial charge in [-0.05, 0) is 37.1 Å². The van der Waals surface area contributed by atoms with Crippen LogP contribution in [0.25, 0.3) is 10.9 Å². The van der Waals surface area contributed by atoms with E-state index in [-0.39, 0.29) is 0 Å². The fourth-order valence-corrected chi connectivity index (χ4v) is 3.02. The largest absolute Gasteiger partial charge is 0.340 e. The molecule has 0 N–H and O–H groups in total. The molecule has 0 bridgehead atoms. The highest BCUT2D eigenvalue weighted by molar-refractivity contribution is 9.10. The van der Waals surface area contributed by atoms with Crippen molar-refractivity contribution in [3.05, 3.63) is 69.8 Å². The third-order valence-corrected chi connectivity index (χ3v) is 4.61. The van der Waals surface area contributed by atoms with Gasteiger partial charge >= 0.3 is 0 Å². The van der Waals surface area contributed by atoms with E-state index in [1.807, 2.05) is 0 Å². The van der Waals surface area contributed by atoms with E-state index in [1.165, 1.54) is 32.2 Å². The summed E-state index contributed by atoms with van der Waals surface area (Å²) in [7, 11) is 0. The topological polar surface area (TPSA) is 4.93 Å². The Bertz CT molecular complexity index is 740. The predicted octanol–water partition coefficient (Wildman–Crippen LogP) is 5.07. The molecule has 19 heavy (non-hydrogen) atoms. The molecule has 0 saturated heterocycles. The van der Waals surface area contributed by atoms with Crippen molar-refractivity contribution >= 4 is 26.8 Å². The van der Waals surface area contributed by atoms with Crippen LogP contribution in [-0.4, -0.2) is 4.57 Å². The highest BCUT2D eigenvalue weighted by atomic mass is 79.9. The summed E-state index contributed by atoms with van der Waals surface area (Å²) in [6, 6.07) is 17.0. The third-order valence-electron chi connectivity index (χ3n) is 3.83. The van der Waals surface area contributed by atoms with Crippen molar-refractivity contribution in [2.24, 2.45) is 0 Å². The molecule has 0 radical (unpaired) electrons. The van der Waals surface area contributed by atoms with Crippen molar-refractivity contribution in [2.75, 3.05) is 0 Å². The number of hydrogen-bond donors (Lipinski definition) is 0. The van der Waals surface area contributed by atoms with Gasteiger partial charge in [-0.3, -0.25) is 0 Å². The Morgan fingerprint density at radius 2 is 1.63 bits per heavy atom. The maximum absolute atomic E-state index is 3.64. The molecule has 0 fully saturated rings. The fourth-order valence-electron chi connectivity index (χ4n) is 2.60. The molecular weight excluding hydrogens is 298 g/mol. The van der Waals surface area contributed by atoms with E-state index in [1.54, 1.807) is 0 Å². The average molecular weight is 314 g/mol. The molecule has 2 heteroatoms. The molecule has 0 spiro atoms. The molecular formula is C17H16BrN. The van der Waals surface area contributed by atoms with Gasteiger partial charge in [0.2, 0.25) is 0 Å². The quantitative estimate of drug-likeness (QED) is 0.622. The van der Waals surface area contributed by atoms with Crippen LogP contribution in [0.15, 0.2) is 53.0 Å². The molecule has 0 atom stereocenters. The third kappa shape index (κ3) is 2.10. The molecule has 0 unspecified atom stereocenters. The Morgan fingerprint density at radius 1 is 0.947 bits per heavy atom. The number of halogens is 1. The van der Waals surface area contributed by atoms with Gasteiger partial charge in [0.15, 0.2) is 0 Å². The lowest BCUT2D eigenvalue weighted by Crippen LogP contribution is -2.02. The molecule has 1 heterocycles. The van der Waals surface area contributed by atoms with E-state index in [0.29, 0.717) is 0 Å². The summed E-state index contributed by atoms with van der Waals surface area (Å²) in [6.07, 6.45) is 0. The zero-order valence-electron chi connectivity index (χ0n) is 11.2. The first-order valence-electron chi connectivity index (χ1n) is 6.46. The maximum atomic E-state index is 3.64. The minimum absolute atomic E-state index is 0.904. The van der Waals surface area contributed by atoms with E-state index < -0.39 is 0 Å². The molecule has 1 nitrogen and oxygen atoms in total. The van der Waals surface area contributed by atoms with Crippen molar-refractivity contribution < 1.29 is 0 Å². The van der Waals surface area contributed by atoms with Gasteiger partial charge in [0.25, 0.3) is 0 Å². The smallest absolute Gasteiger partial charge is 0.0489 e. The van der Waals surface area contributed by atoms with Crippen molar-refractivity contribution in [3.63, 3.8) is 0 Å². The first kappa shape index (κ1) is 12.5. The average Bonchev–Trinajstić information content (AvgIpc) is 2.67. The van der Waals surface area contributed by atoms with Crippen LogP contribution in [-0.2, 0) is 6.54 Å². The van der Waals surface area contributed by atoms with Crippen LogP contribution in [0, 0.1) is 13.8 Å². The van der Waals surface area contributed by atoms with Gasteiger partial charge < -0.3 is 4.57 Å². The van der Waals surface area contributed by atoms with Gasteiger partial charge in [0.05, 0.1) is 0 Å². The minimum Gasteiger partial charge on any atom is -0.340 e. The zero-order valence-corrected chi connectivity index (χ0v) is 12.7. The summed E-state index contributed by atoms with van der Waals surface area (Å²) < 4.78 is 3.56. The summed E-state index contributed by atoms with van der Waals surface area (Å²) in [5.41, 5.74) is 5.35. The molecule has 0 aliphatic carbocycles. The van der Waals surface area contributed by atoms with Crippen LogP contribution in [0.2, 0.25) is 0 Å². The Morgan fingerprint density at radius 3 is 2.42 bits per heavy atom. The van der Waals surface area contributed by atoms with Gasteiger partial charge in [-0.25, -0.2) is 0 Å². The number of fused-ring (bicyclic) bond motifs is 1. The van der Waals surface area contributed by atoms with Crippen molar-refractivity contribution in [3.8, 4) is 0 Å². The van der Waals surface area contributed by atoms with E-state index >= 15 is 0 Å². The SMILES string of the molecule is Cc1c(C)n(Cc2ccccc2Br)c2ccccc12. The highest BCUT2D eigenvalue weighted by Crippen LogP contribution is 2.27. The standard InChI is InChI=1S/C17H16BrN/c1-12-13(2)19(17-10-6-4-8-15(12)17)11-14-7-3-5-9-16(14)18/h3-10H,11H2,1-2H3. The van der Waals surface area contributed by atoms with Crippen molar-refractivity contribution in [1.29, 1.82) is 0 Å². The van der Waals surface area contributed by atoms with Gasteiger partial charge in [-0.1, -0.05) is 52.3 Å². The lowest BCUT2D eigenvalue weighted by molar-refractivity contribution is 0.798. The van der Waals surface area contributed by atoms with E-state index in [0.717, 1.165) is 6.54 Å². The van der Waals surface area contributed by atoms with Gasteiger partial charge in [-0.15, -0.1) is 0 Å². The summed E-state index contributed by atoms with van der Waals surface area (Å²) in [6.45, 7) is 5.31. The lowest BCUT2D eigenvalue weighted by atomic mass is 10.2. The van der Waals surface area contributed by atoms with Gasteiger partial charge in [-0.2, -0.15) is 0 Å². The van der Waals surface area contributed by atoms with Crippen LogP contribution in [0.4, 0.5) is 0 Å². The molecule has 0 aliphatic rings. The maximum Gasteiger partial charge on any atom is 0.0489 e. The summed E-state index contributed by atoms with van der Waals surface area (Å²) in [4.78, 5) is 0. The Hall–Kier alpha value is -1.54. The van der Waals surface area contributed by atoms with Crippen molar-refractivity contribution in [2.45, 2.75) is 20.4 Å². The molecule has 0 amide bonds. The second-order valence-electron chi connectivity index (χ2n) is 4.91. The monoisotopic (exact) mass is 313 g/mol. The first-order valence-corrected chi connectivity index (χ1v) is 7.25. The molecule has 2 aromatic carbocycles. The molecule has 0 saturated carbocycles. The highest BCUT2D eigenvalue weighted by Gasteiger charge is 2.11. The number of para-hydroxylation sites is 1. The molecule has 3 aromatic rings. The lowest BCUT2D eigenvalue weighted by Gasteiger charge is -2.10. The fraction of sp³-hybridized carbons (Fsp3) is 0.176. The van der Waals surface area contributed by atoms with Crippen LogP contribution in [0.1, 0.15) is 16.8 Å². The number of hydrogen-bond acceptors (Lipinski definition) is 0. The number of aromatic nitrogens is 1. The number of aryl methyl sites for hydroxylation is 1. The van der Waals surface area contributed by atoms with Crippen LogP contribution >= 0.6 is 15.9 Å². The van der Waals surface area contributed by atoms with Crippen LogP contribution in [0.3, 0.4) is 0 Å². The Kier molecular flexibility index (Phi) is 3.19. The summed E-state index contributed by atoms with van der Waals surface area (Å²) in [5.74, 6) is 0. The molecule has 1 aromatic heterocycles. The van der Waals surface area contributed by atoms with Crippen LogP contribution < -0.4 is 0 Å². The number of rotatable bonds is 2. The Labute approximate surface area is 122 Å². The van der Waals surface area contributed by atoms with Gasteiger partial charge in [0, 0.05) is 27.6 Å². The van der Waals surface area contributed by atoms with Crippen LogP contribution in [0.5, 0.6) is 0 Å². The summed E-state index contributed by atoms with van der Waals surface area (Å²) >= 11 is 3.64. The molecule has 96 valence electrons. The molecule has 3 rings (SSSR count). The second kappa shape index (κ2) is 4.86. The zero-order chi connectivity index (χ0) is 13.4. The van der Waals surface area contributed by atoms with E-state index in [9.17, 15) is 0 Å². The van der Waals surface area contributed by atoms with E-state index in [4.69, 9.17) is 0 Å². The normalized spacial score (nSPS) is 11.1. The number of benzene rings is 2. The Balaban J connectivity index is 2.16. The number of nitrogens with zero attached hydrogens (tertiary/aromatic N) is 1. The summed E-state index contributed by atoms with van der Waals surface area (Å²) in [5, 5.41) is 1.35. The first-order chi connectivity index (χ1) is 9.18. The predicted molar refractivity (Wildman–Crippen MR) is 84.7 cm³/mol. The van der Waals surface area contributed by atoms with Gasteiger partial charge in [0.1, 0.15) is 0 Å².